The Bertz CT molecular complexity index is 1470. The minimum absolute atomic E-state index is 0.138. The maximum atomic E-state index is 14.6. The van der Waals surface area contributed by atoms with Crippen LogP contribution in [0.25, 0.3) is 11.3 Å². The van der Waals surface area contributed by atoms with Crippen LogP contribution in [0.4, 0.5) is 15.8 Å². The van der Waals surface area contributed by atoms with Crippen molar-refractivity contribution in [1.29, 1.82) is 0 Å². The number of nitrogens with one attached hydrogen (secondary N) is 2. The van der Waals surface area contributed by atoms with Gasteiger partial charge in [-0.2, -0.15) is 5.10 Å². The molecule has 10 nitrogen and oxygen atoms in total. The number of nitrogens with zero attached hydrogens (tertiary/aromatic N) is 5. The van der Waals surface area contributed by atoms with E-state index in [2.05, 4.69) is 43.2 Å². The normalized spacial score (nSPS) is 14.7. The van der Waals surface area contributed by atoms with Crippen LogP contribution in [-0.2, 0) is 0 Å². The number of aromatic nitrogens is 3. The number of halogens is 2. The number of aromatic amines is 1. The Labute approximate surface area is 211 Å². The van der Waals surface area contributed by atoms with Crippen LogP contribution in [0.15, 0.2) is 78.0 Å². The van der Waals surface area contributed by atoms with Crippen LogP contribution in [-0.4, -0.2) is 36.9 Å². The molecule has 174 valence electrons. The Morgan fingerprint density at radius 1 is 1.17 bits per heavy atom. The largest absolute Gasteiger partial charge is 0.277 e. The maximum absolute atomic E-state index is 14.6. The predicted octanol–water partition coefficient (Wildman–Crippen LogP) is 4.69. The van der Waals surface area contributed by atoms with Gasteiger partial charge in [-0.05, 0) is 46.9 Å². The van der Waals surface area contributed by atoms with Gasteiger partial charge in [0, 0.05) is 35.7 Å². The number of nitro groups is 1. The Balaban J connectivity index is 1.65. The van der Waals surface area contributed by atoms with Gasteiger partial charge in [0.15, 0.2) is 5.84 Å². The van der Waals surface area contributed by atoms with Crippen molar-refractivity contribution in [2.24, 2.45) is 4.99 Å². The number of carbonyl (C=O) groups is 1. The number of H-pyrrole nitrogens is 1. The van der Waals surface area contributed by atoms with Crippen molar-refractivity contribution in [2.45, 2.75) is 4.05 Å². The van der Waals surface area contributed by atoms with E-state index in [4.69, 9.17) is 4.99 Å². The first kappa shape index (κ1) is 22.6. The molecule has 0 bridgehead atoms. The van der Waals surface area contributed by atoms with E-state index in [1.54, 1.807) is 42.6 Å². The van der Waals surface area contributed by atoms with Crippen LogP contribution < -0.4 is 5.43 Å². The number of aliphatic imine (C=N–C) groups is 1. The molecular formula is C23H15FIN7O3. The number of rotatable bonds is 5. The molecule has 2 aromatic heterocycles. The summed E-state index contributed by atoms with van der Waals surface area (Å²) in [6, 6.07) is 15.3. The second-order valence-corrected chi connectivity index (χ2v) is 8.63. The number of alkyl halides is 1. The van der Waals surface area contributed by atoms with Crippen LogP contribution in [0.2, 0.25) is 0 Å². The van der Waals surface area contributed by atoms with Gasteiger partial charge in [0.1, 0.15) is 21.2 Å². The van der Waals surface area contributed by atoms with Crippen LogP contribution in [0, 0.1) is 15.9 Å². The summed E-state index contributed by atoms with van der Waals surface area (Å²) in [7, 11) is 0. The Morgan fingerprint density at radius 3 is 2.74 bits per heavy atom. The van der Waals surface area contributed by atoms with Gasteiger partial charge in [0.05, 0.1) is 16.2 Å². The van der Waals surface area contributed by atoms with Gasteiger partial charge >= 0.3 is 0 Å². The minimum Gasteiger partial charge on any atom is -0.277 e. The number of pyridine rings is 1. The van der Waals surface area contributed by atoms with Gasteiger partial charge < -0.3 is 0 Å². The number of amidine groups is 1. The van der Waals surface area contributed by atoms with Gasteiger partial charge in [-0.25, -0.2) is 14.4 Å². The summed E-state index contributed by atoms with van der Waals surface area (Å²) in [6.45, 7) is 0. The number of nitro benzene ring substituents is 1. The van der Waals surface area contributed by atoms with Crippen molar-refractivity contribution >= 4 is 45.7 Å². The van der Waals surface area contributed by atoms with E-state index in [1.165, 1.54) is 35.5 Å². The first-order chi connectivity index (χ1) is 16.9. The summed E-state index contributed by atoms with van der Waals surface area (Å²) in [5, 5.41) is 20.1. The molecule has 1 aliphatic rings. The molecule has 35 heavy (non-hydrogen) atoms. The zero-order valence-electron chi connectivity index (χ0n) is 17.7. The third-order valence-corrected chi connectivity index (χ3v) is 6.45. The number of carbonyl (C=O) groups excluding carboxylic acids is 1. The first-order valence-electron chi connectivity index (χ1n) is 10.2. The van der Waals surface area contributed by atoms with Crippen LogP contribution in [0.1, 0.15) is 25.7 Å². The average molecular weight is 583 g/mol. The fourth-order valence-electron chi connectivity index (χ4n) is 3.61. The molecule has 0 spiro atoms. The zero-order chi connectivity index (χ0) is 24.5. The smallest absolute Gasteiger partial charge is 0.271 e. The highest BCUT2D eigenvalue weighted by Gasteiger charge is 2.35. The quantitative estimate of drug-likeness (QED) is 0.115. The SMILES string of the molecule is O=C(NN1C(c2cccc([N+](=O)[O-])c2)=Nc2c(-c3ccccc3F)n[nH]c2C1I)c1cccnc1. The van der Waals surface area contributed by atoms with Crippen molar-refractivity contribution in [1.82, 2.24) is 25.6 Å². The van der Waals surface area contributed by atoms with Crippen molar-refractivity contribution in [3.8, 4) is 11.3 Å². The van der Waals surface area contributed by atoms with Crippen LogP contribution in [0.5, 0.6) is 0 Å². The number of fused-ring (bicyclic) bond motifs is 1. The number of benzene rings is 2. The molecule has 4 aromatic rings. The second-order valence-electron chi connectivity index (χ2n) is 7.45. The second kappa shape index (κ2) is 9.21. The summed E-state index contributed by atoms with van der Waals surface area (Å²) in [6.07, 6.45) is 2.97. The lowest BCUT2D eigenvalue weighted by molar-refractivity contribution is -0.384. The molecular weight excluding hydrogens is 568 g/mol. The fraction of sp³-hybridized carbons (Fsp3) is 0.0435. The average Bonchev–Trinajstić information content (AvgIpc) is 3.30. The highest BCUT2D eigenvalue weighted by atomic mass is 127. The van der Waals surface area contributed by atoms with Crippen LogP contribution >= 0.6 is 22.6 Å². The fourth-order valence-corrected chi connectivity index (χ4v) is 4.45. The van der Waals surface area contributed by atoms with E-state index in [0.717, 1.165) is 0 Å². The summed E-state index contributed by atoms with van der Waals surface area (Å²) in [5.74, 6) is -0.682. The molecule has 2 aromatic carbocycles. The van der Waals surface area contributed by atoms with Crippen molar-refractivity contribution in [3.63, 3.8) is 0 Å². The summed E-state index contributed by atoms with van der Waals surface area (Å²) in [5.41, 5.74) is 4.83. The Kier molecular flexibility index (Phi) is 5.94. The number of hydrogen-bond acceptors (Lipinski definition) is 7. The third kappa shape index (κ3) is 4.23. The standard InChI is InChI=1S/C23H15FIN7O3/c24-17-9-2-1-8-16(17)18-19-20(29-28-18)21(25)31(30-23(33)14-6-4-10-26-12-14)22(27-19)13-5-3-7-15(11-13)32(34)35/h1-12,21H,(H,28,29)(H,30,33). The molecule has 0 aliphatic carbocycles. The third-order valence-electron chi connectivity index (χ3n) is 5.27. The van der Waals surface area contributed by atoms with E-state index < -0.39 is 20.7 Å². The number of hydrogen-bond donors (Lipinski definition) is 2. The Morgan fingerprint density at radius 2 is 2.00 bits per heavy atom. The van der Waals surface area contributed by atoms with Gasteiger partial charge in [-0.3, -0.25) is 30.4 Å². The number of hydrazine groups is 1. The predicted molar refractivity (Wildman–Crippen MR) is 134 cm³/mol. The van der Waals surface area contributed by atoms with Gasteiger partial charge in [0.25, 0.3) is 11.6 Å². The van der Waals surface area contributed by atoms with Crippen molar-refractivity contribution < 1.29 is 14.1 Å². The lowest BCUT2D eigenvalue weighted by atomic mass is 10.1. The molecule has 3 heterocycles. The molecule has 1 unspecified atom stereocenters. The molecule has 12 heteroatoms. The van der Waals surface area contributed by atoms with Crippen molar-refractivity contribution in [3.05, 3.63) is 106 Å². The van der Waals surface area contributed by atoms with Crippen LogP contribution in [0.3, 0.4) is 0 Å². The molecule has 0 radical (unpaired) electrons. The minimum atomic E-state index is -0.553. The van der Waals surface area contributed by atoms with Crippen molar-refractivity contribution in [2.75, 3.05) is 0 Å². The van der Waals surface area contributed by atoms with E-state index in [0.29, 0.717) is 28.2 Å². The van der Waals surface area contributed by atoms with E-state index in [9.17, 15) is 19.3 Å². The van der Waals surface area contributed by atoms with Gasteiger partial charge in [0.2, 0.25) is 0 Å². The molecule has 5 rings (SSSR count). The topological polar surface area (TPSA) is 129 Å². The first-order valence-corrected chi connectivity index (χ1v) is 11.5. The summed E-state index contributed by atoms with van der Waals surface area (Å²) in [4.78, 5) is 32.5. The van der Waals surface area contributed by atoms with Gasteiger partial charge in [-0.1, -0.05) is 24.3 Å². The molecule has 1 aliphatic heterocycles. The molecule has 0 saturated heterocycles. The zero-order valence-corrected chi connectivity index (χ0v) is 19.9. The Hall–Kier alpha value is -4.20. The monoisotopic (exact) mass is 583 g/mol. The lowest BCUT2D eigenvalue weighted by Crippen LogP contribution is -2.48. The highest BCUT2D eigenvalue weighted by Crippen LogP contribution is 2.43. The molecule has 1 atom stereocenters. The van der Waals surface area contributed by atoms with Gasteiger partial charge in [-0.15, -0.1) is 0 Å². The number of non-ortho nitro benzene ring substituents is 1. The molecule has 0 fully saturated rings. The molecule has 2 N–H and O–H groups in total. The number of amides is 1. The summed E-state index contributed by atoms with van der Waals surface area (Å²) >= 11 is 2.08. The van der Waals surface area contributed by atoms with E-state index >= 15 is 0 Å². The molecule has 1 amide bonds. The summed E-state index contributed by atoms with van der Waals surface area (Å²) < 4.78 is 14.0. The maximum Gasteiger partial charge on any atom is 0.271 e. The van der Waals surface area contributed by atoms with E-state index in [-0.39, 0.29) is 17.1 Å². The lowest BCUT2D eigenvalue weighted by Gasteiger charge is -2.33. The highest BCUT2D eigenvalue weighted by molar-refractivity contribution is 14.1. The van der Waals surface area contributed by atoms with E-state index in [1.807, 2.05) is 0 Å². The molecule has 0 saturated carbocycles.